The molecule has 0 spiro atoms. The second-order valence-electron chi connectivity index (χ2n) is 21.1. The molecule has 1 rings (SSSR count). The molecule has 0 aromatic carbocycles. The lowest BCUT2D eigenvalue weighted by Gasteiger charge is -2.40. The molecular weight excluding hydrogens is 887 g/mol. The Kier molecular flexibility index (Phi) is 48.8. The number of unbranched alkanes of at least 4 members (excludes halogenated alkanes) is 36. The van der Waals surface area contributed by atoms with Crippen molar-refractivity contribution >= 4 is 5.91 Å². The number of nitrogens with one attached hydrogen (secondary N) is 1. The van der Waals surface area contributed by atoms with Gasteiger partial charge < -0.3 is 40.3 Å². The lowest BCUT2D eigenvalue weighted by atomic mass is 9.99. The highest BCUT2D eigenvalue weighted by atomic mass is 16.7. The zero-order chi connectivity index (χ0) is 51.5. The van der Waals surface area contributed by atoms with Crippen molar-refractivity contribution in [2.75, 3.05) is 13.2 Å². The van der Waals surface area contributed by atoms with Crippen molar-refractivity contribution in [2.24, 2.45) is 0 Å². The van der Waals surface area contributed by atoms with Crippen LogP contribution < -0.4 is 5.32 Å². The maximum Gasteiger partial charge on any atom is 0.220 e. The lowest BCUT2D eigenvalue weighted by Crippen LogP contribution is -2.60. The summed E-state index contributed by atoms with van der Waals surface area (Å²) in [5.41, 5.74) is 0. The molecule has 7 unspecified atom stereocenters. The third kappa shape index (κ3) is 41.1. The number of rotatable bonds is 52. The summed E-state index contributed by atoms with van der Waals surface area (Å²) in [6.45, 7) is 3.78. The Balaban J connectivity index is 2.21. The first-order valence-corrected chi connectivity index (χ1v) is 30.4. The van der Waals surface area contributed by atoms with Gasteiger partial charge >= 0.3 is 0 Å². The van der Waals surface area contributed by atoms with Crippen molar-refractivity contribution < 1.29 is 39.8 Å². The zero-order valence-electron chi connectivity index (χ0n) is 46.2. The van der Waals surface area contributed by atoms with Crippen LogP contribution in [0.1, 0.15) is 284 Å². The molecule has 0 aromatic rings. The van der Waals surface area contributed by atoms with Gasteiger partial charge in [-0.3, -0.25) is 4.79 Å². The van der Waals surface area contributed by atoms with E-state index in [4.69, 9.17) is 9.47 Å². The first-order chi connectivity index (χ1) is 34.8. The fraction of sp³-hybridized carbons (Fsp3) is 0.855. The van der Waals surface area contributed by atoms with Gasteiger partial charge in [0.15, 0.2) is 6.29 Å². The van der Waals surface area contributed by atoms with E-state index in [1.54, 1.807) is 6.08 Å². The summed E-state index contributed by atoms with van der Waals surface area (Å²) in [6.07, 6.45) is 61.9. The molecule has 0 aliphatic carbocycles. The third-order valence-electron chi connectivity index (χ3n) is 14.4. The Hall–Kier alpha value is -1.85. The highest BCUT2D eigenvalue weighted by Crippen LogP contribution is 2.23. The topological polar surface area (TPSA) is 149 Å². The number of aliphatic hydroxyl groups excluding tert-OH is 5. The van der Waals surface area contributed by atoms with Crippen LogP contribution in [0.3, 0.4) is 0 Å². The molecule has 1 heterocycles. The molecule has 71 heavy (non-hydrogen) atoms. The third-order valence-corrected chi connectivity index (χ3v) is 14.4. The zero-order valence-corrected chi connectivity index (χ0v) is 46.2. The molecule has 0 bridgehead atoms. The Morgan fingerprint density at radius 3 is 1.18 bits per heavy atom. The minimum atomic E-state index is -1.58. The fourth-order valence-corrected chi connectivity index (χ4v) is 9.54. The minimum absolute atomic E-state index is 0.189. The molecule has 0 aromatic heterocycles. The molecule has 416 valence electrons. The second-order valence-corrected chi connectivity index (χ2v) is 21.1. The van der Waals surface area contributed by atoms with Crippen LogP contribution in [-0.2, 0) is 14.3 Å². The van der Waals surface area contributed by atoms with E-state index in [9.17, 15) is 30.3 Å². The van der Waals surface area contributed by atoms with Crippen molar-refractivity contribution in [2.45, 2.75) is 326 Å². The van der Waals surface area contributed by atoms with E-state index in [2.05, 4.69) is 55.6 Å². The Labute approximate surface area is 437 Å². The maximum atomic E-state index is 13.1. The number of carbonyl (C=O) groups excluding carboxylic acids is 1. The van der Waals surface area contributed by atoms with Crippen LogP contribution in [0.15, 0.2) is 48.6 Å². The predicted octanol–water partition coefficient (Wildman–Crippen LogP) is 15.3. The van der Waals surface area contributed by atoms with Gasteiger partial charge in [0.1, 0.15) is 24.4 Å². The second kappa shape index (κ2) is 51.6. The van der Waals surface area contributed by atoms with Crippen LogP contribution >= 0.6 is 0 Å². The average Bonchev–Trinajstić information content (AvgIpc) is 3.37. The smallest absolute Gasteiger partial charge is 0.220 e. The quantitative estimate of drug-likeness (QED) is 0.0261. The summed E-state index contributed by atoms with van der Waals surface area (Å²) in [5.74, 6) is -0.189. The van der Waals surface area contributed by atoms with Crippen LogP contribution in [0.2, 0.25) is 0 Å². The van der Waals surface area contributed by atoms with Gasteiger partial charge in [0.05, 0.1) is 25.4 Å². The SMILES string of the molecule is CCCCCCCCCCCC/C=C/CC/C=C/CC/C=C/C(O)C(COC1OC(CO)C(O)C(O)C1O)NC(=O)CCCCCCCCCCCCCC/C=C\CCCCCCCCCCCCCC. The number of carbonyl (C=O) groups is 1. The number of ether oxygens (including phenoxy) is 2. The minimum Gasteiger partial charge on any atom is -0.394 e. The highest BCUT2D eigenvalue weighted by Gasteiger charge is 2.44. The number of aliphatic hydroxyl groups is 5. The van der Waals surface area contributed by atoms with Gasteiger partial charge in [-0.2, -0.15) is 0 Å². The van der Waals surface area contributed by atoms with Crippen molar-refractivity contribution in [1.29, 1.82) is 0 Å². The van der Waals surface area contributed by atoms with Crippen LogP contribution in [-0.4, -0.2) is 87.5 Å². The number of allylic oxidation sites excluding steroid dienone is 7. The summed E-state index contributed by atoms with van der Waals surface area (Å²) in [4.78, 5) is 13.1. The normalized spacial score (nSPS) is 19.6. The van der Waals surface area contributed by atoms with Gasteiger partial charge in [0, 0.05) is 6.42 Å². The van der Waals surface area contributed by atoms with E-state index >= 15 is 0 Å². The van der Waals surface area contributed by atoms with E-state index in [-0.39, 0.29) is 12.5 Å². The average molecular weight is 1000 g/mol. The van der Waals surface area contributed by atoms with Crippen molar-refractivity contribution in [3.8, 4) is 0 Å². The van der Waals surface area contributed by atoms with E-state index in [1.807, 2.05) is 6.08 Å². The molecule has 1 aliphatic heterocycles. The number of amides is 1. The molecule has 1 saturated heterocycles. The number of hydrogen-bond donors (Lipinski definition) is 6. The van der Waals surface area contributed by atoms with E-state index in [0.717, 1.165) is 44.9 Å². The predicted molar refractivity (Wildman–Crippen MR) is 299 cm³/mol. The largest absolute Gasteiger partial charge is 0.394 e. The number of hydrogen-bond acceptors (Lipinski definition) is 8. The summed E-state index contributed by atoms with van der Waals surface area (Å²) < 4.78 is 11.3. The molecule has 7 atom stereocenters. The van der Waals surface area contributed by atoms with Gasteiger partial charge in [-0.05, 0) is 70.6 Å². The first-order valence-electron chi connectivity index (χ1n) is 30.4. The molecule has 9 heteroatoms. The molecule has 1 amide bonds. The summed E-state index contributed by atoms with van der Waals surface area (Å²) >= 11 is 0. The molecule has 1 fully saturated rings. The van der Waals surface area contributed by atoms with Crippen LogP contribution in [0.25, 0.3) is 0 Å². The van der Waals surface area contributed by atoms with Crippen LogP contribution in [0, 0.1) is 0 Å². The van der Waals surface area contributed by atoms with Gasteiger partial charge in [0.2, 0.25) is 5.91 Å². The van der Waals surface area contributed by atoms with Crippen LogP contribution in [0.4, 0.5) is 0 Å². The fourth-order valence-electron chi connectivity index (χ4n) is 9.54. The maximum absolute atomic E-state index is 13.1. The van der Waals surface area contributed by atoms with E-state index < -0.39 is 49.5 Å². The molecule has 9 nitrogen and oxygen atoms in total. The van der Waals surface area contributed by atoms with Crippen molar-refractivity contribution in [3.63, 3.8) is 0 Å². The Morgan fingerprint density at radius 2 is 0.803 bits per heavy atom. The monoisotopic (exact) mass is 1000 g/mol. The molecule has 6 N–H and O–H groups in total. The van der Waals surface area contributed by atoms with Gasteiger partial charge in [-0.1, -0.05) is 255 Å². The standard InChI is InChI=1S/C62H115NO8/c1-3-5-7-9-11-13-15-17-19-21-23-25-26-27-28-29-30-31-32-34-36-38-40-42-44-46-48-50-52-58(66)63-55(54-70-62-61(69)60(68)59(67)57(53-64)71-62)56(65)51-49-47-45-43-41-39-37-35-33-24-22-20-18-16-14-12-10-8-6-4-2/h27-28,33,35,41,43,49,51,55-57,59-62,64-65,67-69H,3-26,29-32,34,36-40,42,44-48,50,52-54H2,1-2H3,(H,63,66)/b28-27-,35-33+,43-41+,51-49+. The van der Waals surface area contributed by atoms with Gasteiger partial charge in [0.25, 0.3) is 0 Å². The summed E-state index contributed by atoms with van der Waals surface area (Å²) in [6, 6.07) is -0.829. The Morgan fingerprint density at radius 1 is 0.465 bits per heavy atom. The van der Waals surface area contributed by atoms with Crippen molar-refractivity contribution in [1.82, 2.24) is 5.32 Å². The Bertz CT molecular complexity index is 1250. The first kappa shape index (κ1) is 67.2. The van der Waals surface area contributed by atoms with E-state index in [0.29, 0.717) is 6.42 Å². The highest BCUT2D eigenvalue weighted by molar-refractivity contribution is 5.76. The summed E-state index contributed by atoms with van der Waals surface area (Å²) in [7, 11) is 0. The van der Waals surface area contributed by atoms with Gasteiger partial charge in [-0.15, -0.1) is 0 Å². The van der Waals surface area contributed by atoms with Crippen molar-refractivity contribution in [3.05, 3.63) is 48.6 Å². The van der Waals surface area contributed by atoms with Gasteiger partial charge in [-0.25, -0.2) is 0 Å². The van der Waals surface area contributed by atoms with Crippen LogP contribution in [0.5, 0.6) is 0 Å². The molecule has 0 saturated carbocycles. The molecular formula is C62H115NO8. The summed E-state index contributed by atoms with van der Waals surface area (Å²) in [5, 5.41) is 54.5. The molecule has 1 aliphatic rings. The van der Waals surface area contributed by atoms with E-state index in [1.165, 1.54) is 218 Å². The molecule has 0 radical (unpaired) electrons. The lowest BCUT2D eigenvalue weighted by molar-refractivity contribution is -0.302.